The van der Waals surface area contributed by atoms with Crippen LogP contribution in [0.3, 0.4) is 0 Å². The molecule has 4 rings (SSSR count). The van der Waals surface area contributed by atoms with Crippen molar-refractivity contribution in [2.75, 3.05) is 23.4 Å². The molecule has 2 amide bonds. The van der Waals surface area contributed by atoms with E-state index in [4.69, 9.17) is 9.47 Å². The molecule has 1 aliphatic heterocycles. The van der Waals surface area contributed by atoms with E-state index in [1.54, 1.807) is 36.4 Å². The van der Waals surface area contributed by atoms with Crippen LogP contribution in [0, 0.1) is 19.7 Å². The predicted molar refractivity (Wildman–Crippen MR) is 120 cm³/mol. The smallest absolute Gasteiger partial charge is 0.265 e. The molecule has 0 unspecified atom stereocenters. The normalized spacial score (nSPS) is 12.7. The minimum atomic E-state index is -0.374. The zero-order valence-electron chi connectivity index (χ0n) is 17.9. The standard InChI is InChI=1S/C25H23FN2O4/c1-16-6-5-7-17(2)25(16)32-14-23(29)27-19-10-11-21-22(12-19)31-15-24(30)28(21)13-18-8-3-4-9-20(18)26/h3-12H,13-15H2,1-2H3,(H,27,29). The van der Waals surface area contributed by atoms with Crippen molar-refractivity contribution in [3.05, 3.63) is 83.2 Å². The Kier molecular flexibility index (Phi) is 6.07. The number of halogens is 1. The summed E-state index contributed by atoms with van der Waals surface area (Å²) in [5, 5.41) is 2.78. The van der Waals surface area contributed by atoms with Crippen LogP contribution in [-0.2, 0) is 16.1 Å². The van der Waals surface area contributed by atoms with Crippen LogP contribution in [0.1, 0.15) is 16.7 Å². The second-order valence-electron chi connectivity index (χ2n) is 7.60. The highest BCUT2D eigenvalue weighted by Gasteiger charge is 2.26. The van der Waals surface area contributed by atoms with Gasteiger partial charge in [-0.05, 0) is 43.2 Å². The summed E-state index contributed by atoms with van der Waals surface area (Å²) in [4.78, 5) is 26.3. The molecule has 3 aromatic carbocycles. The second-order valence-corrected chi connectivity index (χ2v) is 7.60. The Bertz CT molecular complexity index is 1160. The van der Waals surface area contributed by atoms with Crippen molar-refractivity contribution in [3.8, 4) is 11.5 Å². The van der Waals surface area contributed by atoms with Crippen molar-refractivity contribution in [3.63, 3.8) is 0 Å². The summed E-state index contributed by atoms with van der Waals surface area (Å²) in [6, 6.07) is 17.1. The van der Waals surface area contributed by atoms with Crippen molar-refractivity contribution in [2.24, 2.45) is 0 Å². The highest BCUT2D eigenvalue weighted by Crippen LogP contribution is 2.35. The van der Waals surface area contributed by atoms with Gasteiger partial charge in [-0.2, -0.15) is 0 Å². The molecule has 0 aromatic heterocycles. The van der Waals surface area contributed by atoms with E-state index in [-0.39, 0.29) is 37.4 Å². The number of rotatable bonds is 6. The summed E-state index contributed by atoms with van der Waals surface area (Å²) in [5.74, 6) is 0.177. The maximum atomic E-state index is 14.1. The SMILES string of the molecule is Cc1cccc(C)c1OCC(=O)Nc1ccc2c(c1)OCC(=O)N2Cc1ccccc1F. The van der Waals surface area contributed by atoms with Crippen molar-refractivity contribution in [1.82, 2.24) is 0 Å². The molecule has 0 bridgehead atoms. The van der Waals surface area contributed by atoms with Crippen LogP contribution >= 0.6 is 0 Å². The van der Waals surface area contributed by atoms with E-state index >= 15 is 0 Å². The Morgan fingerprint density at radius 1 is 1.09 bits per heavy atom. The van der Waals surface area contributed by atoms with Crippen LogP contribution in [0.2, 0.25) is 0 Å². The lowest BCUT2D eigenvalue weighted by Crippen LogP contribution is -2.38. The molecule has 1 N–H and O–H groups in total. The molecule has 32 heavy (non-hydrogen) atoms. The molecular weight excluding hydrogens is 411 g/mol. The van der Waals surface area contributed by atoms with Crippen LogP contribution in [0.15, 0.2) is 60.7 Å². The molecule has 0 aliphatic carbocycles. The highest BCUT2D eigenvalue weighted by atomic mass is 19.1. The van der Waals surface area contributed by atoms with Crippen molar-refractivity contribution in [2.45, 2.75) is 20.4 Å². The number of carbonyl (C=O) groups excluding carboxylic acids is 2. The molecule has 0 fully saturated rings. The fraction of sp³-hybridized carbons (Fsp3) is 0.200. The van der Waals surface area contributed by atoms with E-state index in [2.05, 4.69) is 5.32 Å². The van der Waals surface area contributed by atoms with E-state index in [1.807, 2.05) is 32.0 Å². The van der Waals surface area contributed by atoms with Gasteiger partial charge < -0.3 is 19.7 Å². The lowest BCUT2D eigenvalue weighted by molar-refractivity contribution is -0.121. The Labute approximate surface area is 185 Å². The van der Waals surface area contributed by atoms with Gasteiger partial charge >= 0.3 is 0 Å². The van der Waals surface area contributed by atoms with E-state index < -0.39 is 0 Å². The van der Waals surface area contributed by atoms with Gasteiger partial charge in [0.1, 0.15) is 17.3 Å². The first-order chi connectivity index (χ1) is 15.4. The first-order valence-corrected chi connectivity index (χ1v) is 10.2. The lowest BCUT2D eigenvalue weighted by atomic mass is 10.1. The molecule has 7 heteroatoms. The molecule has 6 nitrogen and oxygen atoms in total. The number of hydrogen-bond donors (Lipinski definition) is 1. The first-order valence-electron chi connectivity index (χ1n) is 10.2. The quantitative estimate of drug-likeness (QED) is 0.625. The molecular formula is C25H23FN2O4. The maximum absolute atomic E-state index is 14.1. The summed E-state index contributed by atoms with van der Waals surface area (Å²) in [5.41, 5.74) is 3.36. The van der Waals surface area contributed by atoms with Gasteiger partial charge in [0.05, 0.1) is 12.2 Å². The second kappa shape index (κ2) is 9.09. The number of fused-ring (bicyclic) bond motifs is 1. The molecule has 0 atom stereocenters. The Balaban J connectivity index is 1.45. The van der Waals surface area contributed by atoms with Crippen LogP contribution in [0.25, 0.3) is 0 Å². The minimum absolute atomic E-state index is 0.0944. The number of aryl methyl sites for hydroxylation is 2. The van der Waals surface area contributed by atoms with Gasteiger partial charge in [0.15, 0.2) is 13.2 Å². The van der Waals surface area contributed by atoms with Gasteiger partial charge in [0.2, 0.25) is 0 Å². The summed E-state index contributed by atoms with van der Waals surface area (Å²) in [6.45, 7) is 3.65. The van der Waals surface area contributed by atoms with Crippen LogP contribution < -0.4 is 19.7 Å². The molecule has 3 aromatic rings. The molecule has 0 saturated heterocycles. The van der Waals surface area contributed by atoms with Gasteiger partial charge in [-0.15, -0.1) is 0 Å². The van der Waals surface area contributed by atoms with E-state index in [0.717, 1.165) is 11.1 Å². The Morgan fingerprint density at radius 2 is 1.84 bits per heavy atom. The zero-order chi connectivity index (χ0) is 22.7. The van der Waals surface area contributed by atoms with Gasteiger partial charge in [-0.3, -0.25) is 9.59 Å². The average Bonchev–Trinajstić information content (AvgIpc) is 2.77. The van der Waals surface area contributed by atoms with E-state index in [0.29, 0.717) is 28.4 Å². The number of anilines is 2. The predicted octanol–water partition coefficient (Wildman–Crippen LogP) is 4.39. The van der Waals surface area contributed by atoms with Gasteiger partial charge in [0, 0.05) is 17.3 Å². The third-order valence-corrected chi connectivity index (χ3v) is 5.23. The lowest BCUT2D eigenvalue weighted by Gasteiger charge is -2.30. The third kappa shape index (κ3) is 4.56. The van der Waals surface area contributed by atoms with Crippen molar-refractivity contribution >= 4 is 23.2 Å². The monoisotopic (exact) mass is 434 g/mol. The molecule has 0 saturated carbocycles. The molecule has 0 spiro atoms. The number of nitrogens with one attached hydrogen (secondary N) is 1. The number of nitrogens with zero attached hydrogens (tertiary/aromatic N) is 1. The topological polar surface area (TPSA) is 67.9 Å². The summed E-state index contributed by atoms with van der Waals surface area (Å²) in [7, 11) is 0. The number of para-hydroxylation sites is 1. The average molecular weight is 434 g/mol. The van der Waals surface area contributed by atoms with Gasteiger partial charge in [-0.25, -0.2) is 4.39 Å². The number of benzene rings is 3. The fourth-order valence-corrected chi connectivity index (χ4v) is 3.61. The summed E-state index contributed by atoms with van der Waals surface area (Å²) >= 11 is 0. The number of amides is 2. The number of hydrogen-bond acceptors (Lipinski definition) is 4. The Morgan fingerprint density at radius 3 is 2.59 bits per heavy atom. The first kappa shape index (κ1) is 21.4. The molecule has 1 aliphatic rings. The van der Waals surface area contributed by atoms with Gasteiger partial charge in [-0.1, -0.05) is 36.4 Å². The third-order valence-electron chi connectivity index (χ3n) is 5.23. The molecule has 1 heterocycles. The highest BCUT2D eigenvalue weighted by molar-refractivity contribution is 5.99. The van der Waals surface area contributed by atoms with Crippen molar-refractivity contribution < 1.29 is 23.5 Å². The number of ether oxygens (including phenoxy) is 2. The summed E-state index contributed by atoms with van der Waals surface area (Å²) < 4.78 is 25.3. The van der Waals surface area contributed by atoms with Crippen LogP contribution in [0.5, 0.6) is 11.5 Å². The maximum Gasteiger partial charge on any atom is 0.265 e. The fourth-order valence-electron chi connectivity index (χ4n) is 3.61. The van der Waals surface area contributed by atoms with Crippen LogP contribution in [0.4, 0.5) is 15.8 Å². The zero-order valence-corrected chi connectivity index (χ0v) is 17.9. The van der Waals surface area contributed by atoms with E-state index in [1.165, 1.54) is 11.0 Å². The number of carbonyl (C=O) groups is 2. The van der Waals surface area contributed by atoms with Gasteiger partial charge in [0.25, 0.3) is 11.8 Å². The molecule has 0 radical (unpaired) electrons. The van der Waals surface area contributed by atoms with E-state index in [9.17, 15) is 14.0 Å². The minimum Gasteiger partial charge on any atom is -0.483 e. The molecule has 164 valence electrons. The Hall–Kier alpha value is -3.87. The van der Waals surface area contributed by atoms with Crippen molar-refractivity contribution in [1.29, 1.82) is 0 Å². The van der Waals surface area contributed by atoms with Crippen LogP contribution in [-0.4, -0.2) is 25.0 Å². The summed E-state index contributed by atoms with van der Waals surface area (Å²) in [6.07, 6.45) is 0. The largest absolute Gasteiger partial charge is 0.483 e.